The Morgan fingerprint density at radius 1 is 1.04 bits per heavy atom. The molecule has 1 aliphatic rings. The van der Waals surface area contributed by atoms with Gasteiger partial charge in [0.05, 0.1) is 0 Å². The molecule has 0 aromatic heterocycles. The van der Waals surface area contributed by atoms with Crippen LogP contribution in [0.5, 0.6) is 0 Å². The van der Waals surface area contributed by atoms with Crippen LogP contribution in [0.4, 0.5) is 4.79 Å². The molecular formula is C19H29N3O2. The minimum Gasteiger partial charge on any atom is -0.354 e. The average Bonchev–Trinajstić information content (AvgIpc) is 3.07. The first-order valence-corrected chi connectivity index (χ1v) is 9.04. The monoisotopic (exact) mass is 331 g/mol. The lowest BCUT2D eigenvalue weighted by atomic mass is 9.96. The van der Waals surface area contributed by atoms with E-state index >= 15 is 0 Å². The number of urea groups is 1. The minimum absolute atomic E-state index is 0.0361. The van der Waals surface area contributed by atoms with Gasteiger partial charge in [-0.25, -0.2) is 4.79 Å². The third-order valence-corrected chi connectivity index (χ3v) is 4.61. The predicted molar refractivity (Wildman–Crippen MR) is 95.5 cm³/mol. The van der Waals surface area contributed by atoms with Crippen LogP contribution >= 0.6 is 0 Å². The summed E-state index contributed by atoms with van der Waals surface area (Å²) in [5.41, 5.74) is 0.296. The summed E-state index contributed by atoms with van der Waals surface area (Å²) in [6.45, 7) is 3.28. The van der Waals surface area contributed by atoms with Crippen molar-refractivity contribution in [1.82, 2.24) is 16.0 Å². The summed E-state index contributed by atoms with van der Waals surface area (Å²) in [6, 6.07) is 9.48. The summed E-state index contributed by atoms with van der Waals surface area (Å²) in [5, 5.41) is 8.79. The summed E-state index contributed by atoms with van der Waals surface area (Å²) in [6.07, 6.45) is 6.59. The normalized spacial score (nSPS) is 15.7. The summed E-state index contributed by atoms with van der Waals surface area (Å²) in [7, 11) is 0. The van der Waals surface area contributed by atoms with Gasteiger partial charge in [0.15, 0.2) is 0 Å². The Morgan fingerprint density at radius 2 is 1.75 bits per heavy atom. The van der Waals surface area contributed by atoms with Crippen LogP contribution < -0.4 is 16.0 Å². The maximum Gasteiger partial charge on any atom is 0.315 e. The fourth-order valence-electron chi connectivity index (χ4n) is 3.17. The van der Waals surface area contributed by atoms with Crippen molar-refractivity contribution in [3.63, 3.8) is 0 Å². The van der Waals surface area contributed by atoms with E-state index in [1.807, 2.05) is 30.3 Å². The second-order valence-electron chi connectivity index (χ2n) is 6.55. The molecule has 2 rings (SSSR count). The number of rotatable bonds is 8. The molecule has 1 aromatic rings. The van der Waals surface area contributed by atoms with Crippen molar-refractivity contribution in [2.45, 2.75) is 64.0 Å². The molecule has 0 saturated heterocycles. The lowest BCUT2D eigenvalue weighted by Gasteiger charge is -2.29. The van der Waals surface area contributed by atoms with E-state index in [9.17, 15) is 9.59 Å². The smallest absolute Gasteiger partial charge is 0.315 e. The standard InChI is InChI=1S/C19H29N3O2/c1-2-3-9-14-20-17(23)19(12-7-8-13-19)22-18(24)21-15-16-10-5-4-6-11-16/h4-6,10-11H,2-3,7-9,12-15H2,1H3,(H,20,23)(H2,21,22,24). The fourth-order valence-corrected chi connectivity index (χ4v) is 3.17. The number of hydrogen-bond acceptors (Lipinski definition) is 2. The van der Waals surface area contributed by atoms with E-state index in [-0.39, 0.29) is 11.9 Å². The first-order chi connectivity index (χ1) is 11.7. The van der Waals surface area contributed by atoms with Crippen molar-refractivity contribution in [2.24, 2.45) is 0 Å². The van der Waals surface area contributed by atoms with E-state index in [4.69, 9.17) is 0 Å². The molecule has 3 N–H and O–H groups in total. The van der Waals surface area contributed by atoms with Crippen LogP contribution in [-0.2, 0) is 11.3 Å². The van der Waals surface area contributed by atoms with E-state index in [1.54, 1.807) is 0 Å². The van der Waals surface area contributed by atoms with Crippen LogP contribution in [0.3, 0.4) is 0 Å². The van der Waals surface area contributed by atoms with Gasteiger partial charge in [-0.15, -0.1) is 0 Å². The second-order valence-corrected chi connectivity index (χ2v) is 6.55. The highest BCUT2D eigenvalue weighted by Gasteiger charge is 2.42. The fraction of sp³-hybridized carbons (Fsp3) is 0.579. The Hall–Kier alpha value is -2.04. The van der Waals surface area contributed by atoms with E-state index in [2.05, 4.69) is 22.9 Å². The lowest BCUT2D eigenvalue weighted by molar-refractivity contribution is -0.127. The zero-order chi connectivity index (χ0) is 17.3. The highest BCUT2D eigenvalue weighted by atomic mass is 16.2. The van der Waals surface area contributed by atoms with E-state index in [0.29, 0.717) is 25.9 Å². The molecule has 0 aliphatic heterocycles. The van der Waals surface area contributed by atoms with Gasteiger partial charge in [0.25, 0.3) is 0 Å². The van der Waals surface area contributed by atoms with E-state index in [0.717, 1.165) is 37.7 Å². The quantitative estimate of drug-likeness (QED) is 0.641. The number of benzene rings is 1. The summed E-state index contributed by atoms with van der Waals surface area (Å²) in [4.78, 5) is 24.8. The molecule has 0 radical (unpaired) electrons. The van der Waals surface area contributed by atoms with Crippen molar-refractivity contribution in [2.75, 3.05) is 6.54 Å². The molecule has 5 nitrogen and oxygen atoms in total. The first-order valence-electron chi connectivity index (χ1n) is 9.04. The number of carbonyl (C=O) groups excluding carboxylic acids is 2. The maximum atomic E-state index is 12.6. The van der Waals surface area contributed by atoms with Crippen LogP contribution in [0.1, 0.15) is 57.4 Å². The van der Waals surface area contributed by atoms with Crippen LogP contribution in [0.25, 0.3) is 0 Å². The Bertz CT molecular complexity index is 525. The van der Waals surface area contributed by atoms with Gasteiger partial charge in [-0.3, -0.25) is 4.79 Å². The lowest BCUT2D eigenvalue weighted by Crippen LogP contribution is -2.59. The van der Waals surface area contributed by atoms with Crippen LogP contribution in [0.2, 0.25) is 0 Å². The van der Waals surface area contributed by atoms with Crippen LogP contribution in [0, 0.1) is 0 Å². The van der Waals surface area contributed by atoms with Gasteiger partial charge in [-0.05, 0) is 24.8 Å². The van der Waals surface area contributed by atoms with Crippen molar-refractivity contribution >= 4 is 11.9 Å². The number of carbonyl (C=O) groups is 2. The molecule has 1 aromatic carbocycles. The van der Waals surface area contributed by atoms with E-state index in [1.165, 1.54) is 0 Å². The molecule has 0 heterocycles. The molecule has 0 spiro atoms. The topological polar surface area (TPSA) is 70.2 Å². The molecule has 0 unspecified atom stereocenters. The number of unbranched alkanes of at least 4 members (excludes halogenated alkanes) is 2. The SMILES string of the molecule is CCCCCNC(=O)C1(NC(=O)NCc2ccccc2)CCCC1. The van der Waals surface area contributed by atoms with Gasteiger partial charge in [0, 0.05) is 13.1 Å². The Kier molecular flexibility index (Phi) is 7.09. The van der Waals surface area contributed by atoms with Crippen LogP contribution in [-0.4, -0.2) is 24.0 Å². The van der Waals surface area contributed by atoms with Crippen LogP contribution in [0.15, 0.2) is 30.3 Å². The third-order valence-electron chi connectivity index (χ3n) is 4.61. The largest absolute Gasteiger partial charge is 0.354 e. The van der Waals surface area contributed by atoms with Gasteiger partial charge in [0.2, 0.25) is 5.91 Å². The van der Waals surface area contributed by atoms with Crippen molar-refractivity contribution in [1.29, 1.82) is 0 Å². The average molecular weight is 331 g/mol. The van der Waals surface area contributed by atoms with Gasteiger partial charge in [-0.1, -0.05) is 62.9 Å². The van der Waals surface area contributed by atoms with Crippen molar-refractivity contribution in [3.05, 3.63) is 35.9 Å². The summed E-state index contributed by atoms with van der Waals surface area (Å²) < 4.78 is 0. The van der Waals surface area contributed by atoms with Gasteiger partial charge < -0.3 is 16.0 Å². The molecule has 0 atom stereocenters. The zero-order valence-corrected chi connectivity index (χ0v) is 14.6. The number of nitrogens with one attached hydrogen (secondary N) is 3. The second kappa shape index (κ2) is 9.30. The molecule has 5 heteroatoms. The molecule has 1 aliphatic carbocycles. The Morgan fingerprint density at radius 3 is 2.42 bits per heavy atom. The predicted octanol–water partition coefficient (Wildman–Crippen LogP) is 3.11. The highest BCUT2D eigenvalue weighted by Crippen LogP contribution is 2.29. The molecule has 1 fully saturated rings. The molecular weight excluding hydrogens is 302 g/mol. The zero-order valence-electron chi connectivity index (χ0n) is 14.6. The Labute approximate surface area is 144 Å². The number of hydrogen-bond donors (Lipinski definition) is 3. The molecule has 24 heavy (non-hydrogen) atoms. The highest BCUT2D eigenvalue weighted by molar-refractivity contribution is 5.91. The summed E-state index contributed by atoms with van der Waals surface area (Å²) >= 11 is 0. The minimum atomic E-state index is -0.743. The van der Waals surface area contributed by atoms with Gasteiger partial charge in [-0.2, -0.15) is 0 Å². The first kappa shape index (κ1) is 18.3. The number of amides is 3. The molecule has 0 bridgehead atoms. The maximum absolute atomic E-state index is 12.6. The molecule has 3 amide bonds. The van der Waals surface area contributed by atoms with Crippen molar-refractivity contribution < 1.29 is 9.59 Å². The summed E-state index contributed by atoms with van der Waals surface area (Å²) in [5.74, 6) is -0.0361. The molecule has 1 saturated carbocycles. The van der Waals surface area contributed by atoms with Gasteiger partial charge >= 0.3 is 6.03 Å². The molecule has 132 valence electrons. The van der Waals surface area contributed by atoms with Crippen molar-refractivity contribution in [3.8, 4) is 0 Å². The Balaban J connectivity index is 1.85. The van der Waals surface area contributed by atoms with Gasteiger partial charge in [0.1, 0.15) is 5.54 Å². The van der Waals surface area contributed by atoms with E-state index < -0.39 is 5.54 Å². The third kappa shape index (κ3) is 5.25.